The van der Waals surface area contributed by atoms with Crippen LogP contribution in [0.3, 0.4) is 0 Å². The Kier molecular flexibility index (Phi) is 8.97. The smallest absolute Gasteiger partial charge is 0.239 e. The van der Waals surface area contributed by atoms with Crippen LogP contribution >= 0.6 is 46.4 Å². The minimum Gasteiger partial charge on any atom is -0.436 e. The normalized spacial score (nSPS) is 31.4. The largest absolute Gasteiger partial charge is 0.436 e. The molecule has 0 atom stereocenters. The van der Waals surface area contributed by atoms with Gasteiger partial charge in [-0.15, -0.1) is 20.4 Å². The lowest BCUT2D eigenvalue weighted by Gasteiger charge is -2.63. The highest BCUT2D eigenvalue weighted by Gasteiger charge is 2.60. The highest BCUT2D eigenvalue weighted by molar-refractivity contribution is 6.33. The molecule has 324 valence electrons. The summed E-state index contributed by atoms with van der Waals surface area (Å²) in [5.41, 5.74) is 5.07. The van der Waals surface area contributed by atoms with E-state index >= 15 is 0 Å². The van der Waals surface area contributed by atoms with E-state index in [4.69, 9.17) is 65.4 Å². The minimum absolute atomic E-state index is 0.00617. The molecule has 30 rings (SSSR count). The zero-order valence-electron chi connectivity index (χ0n) is 35.0. The van der Waals surface area contributed by atoms with Gasteiger partial charge in [-0.3, -0.25) is 0 Å². The number of rotatable bonds is 0. The van der Waals surface area contributed by atoms with E-state index in [0.29, 0.717) is 90.3 Å². The van der Waals surface area contributed by atoms with Crippen molar-refractivity contribution in [2.75, 3.05) is 0 Å². The predicted molar refractivity (Wildman–Crippen MR) is 246 cm³/mol. The number of benzene rings is 4. The molecular formula is C52H44Cl4N4O4. The molecule has 8 nitrogen and oxygen atoms in total. The molecule has 4 spiro atoms. The third kappa shape index (κ3) is 6.52. The lowest BCUT2D eigenvalue weighted by molar-refractivity contribution is -0.0283. The van der Waals surface area contributed by atoms with Gasteiger partial charge in [-0.25, -0.2) is 0 Å². The monoisotopic (exact) mass is 928 g/mol. The highest BCUT2D eigenvalue weighted by atomic mass is 35.5. The second-order valence-corrected chi connectivity index (χ2v) is 22.1. The van der Waals surface area contributed by atoms with Crippen molar-refractivity contribution >= 4 is 46.4 Å². The van der Waals surface area contributed by atoms with Crippen LogP contribution in [0.15, 0.2) is 97.1 Å². The standard InChI is InChI=1S/C52H44Cl4N4O4/c53-37-15-33-1-5-41(37)61-45-9-10-46(58-57-45)62-43-7-3-35(17-39(43)55)51-23-31-14-32(24-51)26-52(25-31,28-51)36-4-8-44(40(56)18-36)64-48-12-11-47(59-60-48)63-42-6-2-34(16-38(42)54)50-21-29-13-30(22-50)20-49(33,19-29)27-50/h1-12,15-18,29-32H,13-14,19-28H2. The van der Waals surface area contributed by atoms with Crippen molar-refractivity contribution in [3.05, 3.63) is 139 Å². The van der Waals surface area contributed by atoms with Crippen LogP contribution < -0.4 is 18.9 Å². The molecule has 64 heavy (non-hydrogen) atoms. The maximum absolute atomic E-state index is 7.03. The summed E-state index contributed by atoms with van der Waals surface area (Å²) < 4.78 is 24.9. The van der Waals surface area contributed by atoms with E-state index in [-0.39, 0.29) is 21.7 Å². The fourth-order valence-corrected chi connectivity index (χ4v) is 15.7. The van der Waals surface area contributed by atoms with Gasteiger partial charge >= 0.3 is 0 Å². The SMILES string of the molecule is Clc1cc2ccc1Oc1ccc(nn1)Oc1ccc(cc1Cl)C13CC4CC(C1)CC(C4)(C3)c1ccc(c(Cl)c1)Oc1ccc(nn1)Oc1ccc(cc1Cl)C13CC4CC(CC2(C4)C1)C3. The van der Waals surface area contributed by atoms with Crippen LogP contribution in [0.1, 0.15) is 99.3 Å². The number of nitrogens with zero attached hydrogens (tertiary/aromatic N) is 4. The first kappa shape index (κ1) is 39.7. The van der Waals surface area contributed by atoms with Gasteiger partial charge in [-0.05, 0) is 193 Å². The van der Waals surface area contributed by atoms with Crippen LogP contribution in [-0.4, -0.2) is 20.4 Å². The van der Waals surface area contributed by atoms with Gasteiger partial charge in [0.05, 0.1) is 20.1 Å². The Morgan fingerprint density at radius 3 is 0.781 bits per heavy atom. The van der Waals surface area contributed by atoms with Crippen molar-refractivity contribution in [1.29, 1.82) is 0 Å². The number of ether oxygens (including phenoxy) is 4. The maximum Gasteiger partial charge on any atom is 0.239 e. The van der Waals surface area contributed by atoms with E-state index in [2.05, 4.69) is 68.9 Å². The third-order valence-electron chi connectivity index (χ3n) is 16.4. The Morgan fingerprint density at radius 1 is 0.344 bits per heavy atom. The topological polar surface area (TPSA) is 88.5 Å². The van der Waals surface area contributed by atoms with Crippen LogP contribution in [0.4, 0.5) is 0 Å². The second kappa shape index (κ2) is 14.4. The average molecular weight is 931 g/mol. The number of hydrogen-bond donors (Lipinski definition) is 0. The van der Waals surface area contributed by atoms with E-state index in [0.717, 1.165) is 64.2 Å². The third-order valence-corrected chi connectivity index (χ3v) is 17.6. The van der Waals surface area contributed by atoms with Gasteiger partial charge in [0.2, 0.25) is 23.5 Å². The quantitative estimate of drug-likeness (QED) is 0.149. The zero-order chi connectivity index (χ0) is 43.0. The van der Waals surface area contributed by atoms with Crippen molar-refractivity contribution < 1.29 is 18.9 Å². The Morgan fingerprint density at radius 2 is 0.578 bits per heavy atom. The van der Waals surface area contributed by atoms with Gasteiger partial charge in [-0.1, -0.05) is 70.7 Å². The summed E-state index contributed by atoms with van der Waals surface area (Å²) in [6, 6.07) is 32.1. The Balaban J connectivity index is 0.854. The fourth-order valence-electron chi connectivity index (χ4n) is 14.8. The van der Waals surface area contributed by atoms with Gasteiger partial charge in [0, 0.05) is 24.3 Å². The first-order chi connectivity index (χ1) is 31.0. The van der Waals surface area contributed by atoms with E-state index in [1.165, 1.54) is 35.1 Å². The Bertz CT molecular complexity index is 2470. The van der Waals surface area contributed by atoms with E-state index in [1.807, 2.05) is 24.3 Å². The summed E-state index contributed by atoms with van der Waals surface area (Å²) in [6.45, 7) is 0. The summed E-state index contributed by atoms with van der Waals surface area (Å²) >= 11 is 28.1. The van der Waals surface area contributed by atoms with Crippen LogP contribution in [0.25, 0.3) is 0 Å². The van der Waals surface area contributed by atoms with Crippen LogP contribution in [0.5, 0.6) is 46.5 Å². The molecule has 8 aliphatic carbocycles. The van der Waals surface area contributed by atoms with Crippen molar-refractivity contribution in [2.45, 2.75) is 98.7 Å². The molecule has 6 aromatic rings. The number of halogens is 4. The molecule has 8 fully saturated rings. The van der Waals surface area contributed by atoms with E-state index in [9.17, 15) is 0 Å². The van der Waals surface area contributed by atoms with Gasteiger partial charge in [0.25, 0.3) is 0 Å². The summed E-state index contributed by atoms with van der Waals surface area (Å²) in [5.74, 6) is 5.91. The molecule has 2 aromatic heterocycles. The molecule has 8 saturated carbocycles. The number of hydrogen-bond acceptors (Lipinski definition) is 8. The van der Waals surface area contributed by atoms with Crippen LogP contribution in [0, 0.1) is 23.7 Å². The molecule has 24 aliphatic rings. The van der Waals surface area contributed by atoms with Crippen LogP contribution in [-0.2, 0) is 21.7 Å². The molecule has 0 saturated heterocycles. The van der Waals surface area contributed by atoms with Crippen LogP contribution in [0.2, 0.25) is 20.1 Å². The summed E-state index contributed by atoms with van der Waals surface area (Å²) in [6.07, 6.45) is 13.8. The van der Waals surface area contributed by atoms with Gasteiger partial charge < -0.3 is 18.9 Å². The fraction of sp³-hybridized carbons (Fsp3) is 0.385. The predicted octanol–water partition coefficient (Wildman–Crippen LogP) is 14.9. The van der Waals surface area contributed by atoms with Crippen molar-refractivity contribution in [1.82, 2.24) is 20.4 Å². The zero-order valence-corrected chi connectivity index (χ0v) is 38.0. The molecule has 0 amide bonds. The summed E-state index contributed by atoms with van der Waals surface area (Å²) in [7, 11) is 0. The molecule has 0 unspecified atom stereocenters. The van der Waals surface area contributed by atoms with Crippen molar-refractivity contribution in [2.24, 2.45) is 23.7 Å². The summed E-state index contributed by atoms with van der Waals surface area (Å²) in [4.78, 5) is 0. The highest BCUT2D eigenvalue weighted by Crippen LogP contribution is 2.68. The van der Waals surface area contributed by atoms with Gasteiger partial charge in [0.1, 0.15) is 23.0 Å². The molecular weight excluding hydrogens is 886 g/mol. The molecule has 16 aliphatic heterocycles. The molecule has 12 heteroatoms. The maximum atomic E-state index is 7.03. The lowest BCUT2D eigenvalue weighted by Crippen LogP contribution is -2.55. The minimum atomic E-state index is 0.00617. The molecule has 0 N–H and O–H groups in total. The molecule has 18 heterocycles. The summed E-state index contributed by atoms with van der Waals surface area (Å²) in [5, 5.41) is 19.6. The van der Waals surface area contributed by atoms with Crippen molar-refractivity contribution in [3.8, 4) is 46.5 Å². The lowest BCUT2D eigenvalue weighted by atomic mass is 9.41. The van der Waals surface area contributed by atoms with E-state index in [1.54, 1.807) is 24.3 Å². The van der Waals surface area contributed by atoms with Gasteiger partial charge in [-0.2, -0.15) is 0 Å². The Labute approximate surface area is 391 Å². The number of aromatic nitrogens is 4. The van der Waals surface area contributed by atoms with Gasteiger partial charge in [0.15, 0.2) is 0 Å². The molecule has 0 radical (unpaired) electrons. The molecule has 4 aromatic carbocycles. The van der Waals surface area contributed by atoms with Crippen molar-refractivity contribution in [3.63, 3.8) is 0 Å². The second-order valence-electron chi connectivity index (χ2n) is 20.5. The average Bonchev–Trinajstić information content (AvgIpc) is 3.26. The first-order valence-corrected chi connectivity index (χ1v) is 24.1. The first-order valence-electron chi connectivity index (χ1n) is 22.6. The van der Waals surface area contributed by atoms with E-state index < -0.39 is 0 Å². The Hall–Kier alpha value is -4.60. The molecule has 20 bridgehead atoms.